The van der Waals surface area contributed by atoms with Crippen molar-refractivity contribution < 1.29 is 14.5 Å². The number of nitrogens with zero attached hydrogens (tertiary/aromatic N) is 2. The Morgan fingerprint density at radius 2 is 1.64 bits per heavy atom. The van der Waals surface area contributed by atoms with Crippen LogP contribution in [0.1, 0.15) is 34.3 Å². The molecule has 1 heterocycles. The Hall–Kier alpha value is -4.26. The molecule has 166 valence electrons. The first kappa shape index (κ1) is 22.0. The largest absolute Gasteiger partial charge is 0.337 e. The van der Waals surface area contributed by atoms with Crippen LogP contribution in [0, 0.1) is 17.0 Å². The Morgan fingerprint density at radius 3 is 2.24 bits per heavy atom. The molecule has 3 aromatic carbocycles. The molecular weight excluding hydrogens is 418 g/mol. The van der Waals surface area contributed by atoms with Gasteiger partial charge in [-0.2, -0.15) is 0 Å². The van der Waals surface area contributed by atoms with Crippen molar-refractivity contribution >= 4 is 23.2 Å². The van der Waals surface area contributed by atoms with Gasteiger partial charge in [0, 0.05) is 35.5 Å². The van der Waals surface area contributed by atoms with E-state index in [1.54, 1.807) is 13.1 Å². The molecule has 0 aromatic heterocycles. The SMILES string of the molecule is Cc1ccc(N2C=CC(c3ccccc3)C(C)(NC(=O)c3ccc([N+](=O)[O-])cc3)C2=O)cc1. The van der Waals surface area contributed by atoms with Gasteiger partial charge in [0.15, 0.2) is 0 Å². The summed E-state index contributed by atoms with van der Waals surface area (Å²) in [5, 5.41) is 13.9. The maximum absolute atomic E-state index is 13.8. The molecule has 1 aliphatic rings. The van der Waals surface area contributed by atoms with E-state index < -0.39 is 22.3 Å². The van der Waals surface area contributed by atoms with Gasteiger partial charge >= 0.3 is 0 Å². The molecule has 2 amide bonds. The molecule has 1 N–H and O–H groups in total. The molecule has 0 fully saturated rings. The topological polar surface area (TPSA) is 92.6 Å². The number of hydrogen-bond acceptors (Lipinski definition) is 4. The number of rotatable bonds is 5. The predicted octanol–water partition coefficient (Wildman–Crippen LogP) is 4.74. The highest BCUT2D eigenvalue weighted by Crippen LogP contribution is 2.37. The first-order valence-corrected chi connectivity index (χ1v) is 10.5. The highest BCUT2D eigenvalue weighted by atomic mass is 16.6. The van der Waals surface area contributed by atoms with Gasteiger partial charge in [0.1, 0.15) is 5.54 Å². The van der Waals surface area contributed by atoms with Crippen LogP contribution < -0.4 is 10.2 Å². The van der Waals surface area contributed by atoms with Crippen LogP contribution in [0.2, 0.25) is 0 Å². The van der Waals surface area contributed by atoms with Gasteiger partial charge in [-0.1, -0.05) is 54.1 Å². The van der Waals surface area contributed by atoms with Crippen LogP contribution in [0.5, 0.6) is 0 Å². The molecule has 0 bridgehead atoms. The van der Waals surface area contributed by atoms with E-state index in [1.165, 1.54) is 29.2 Å². The fourth-order valence-corrected chi connectivity index (χ4v) is 4.00. The Morgan fingerprint density at radius 1 is 1.00 bits per heavy atom. The van der Waals surface area contributed by atoms with Crippen LogP contribution >= 0.6 is 0 Å². The van der Waals surface area contributed by atoms with Crippen LogP contribution in [0.15, 0.2) is 91.1 Å². The van der Waals surface area contributed by atoms with E-state index in [0.29, 0.717) is 5.69 Å². The summed E-state index contributed by atoms with van der Waals surface area (Å²) >= 11 is 0. The average Bonchev–Trinajstić information content (AvgIpc) is 2.82. The summed E-state index contributed by atoms with van der Waals surface area (Å²) in [5.41, 5.74) is 1.49. The van der Waals surface area contributed by atoms with Crippen molar-refractivity contribution in [3.8, 4) is 0 Å². The van der Waals surface area contributed by atoms with Gasteiger partial charge in [-0.15, -0.1) is 0 Å². The minimum absolute atomic E-state index is 0.109. The molecule has 1 aliphatic heterocycles. The lowest BCUT2D eigenvalue weighted by molar-refractivity contribution is -0.384. The molecule has 7 heteroatoms. The third-order valence-corrected chi connectivity index (χ3v) is 5.90. The molecule has 33 heavy (non-hydrogen) atoms. The van der Waals surface area contributed by atoms with E-state index in [4.69, 9.17) is 0 Å². The monoisotopic (exact) mass is 441 g/mol. The molecule has 0 saturated carbocycles. The summed E-state index contributed by atoms with van der Waals surface area (Å²) in [6.45, 7) is 3.68. The van der Waals surface area contributed by atoms with E-state index in [9.17, 15) is 19.7 Å². The second kappa shape index (κ2) is 8.70. The predicted molar refractivity (Wildman–Crippen MR) is 126 cm³/mol. The number of nitrogens with one attached hydrogen (secondary N) is 1. The molecule has 0 saturated heterocycles. The molecule has 0 radical (unpaired) electrons. The number of aryl methyl sites for hydroxylation is 1. The molecule has 2 unspecified atom stereocenters. The Bertz CT molecular complexity index is 1220. The molecule has 0 aliphatic carbocycles. The van der Waals surface area contributed by atoms with Gasteiger partial charge in [0.2, 0.25) is 0 Å². The summed E-state index contributed by atoms with van der Waals surface area (Å²) in [7, 11) is 0. The van der Waals surface area contributed by atoms with Crippen LogP contribution in [0.3, 0.4) is 0 Å². The van der Waals surface area contributed by atoms with Crippen molar-refractivity contribution in [2.75, 3.05) is 4.90 Å². The third kappa shape index (κ3) is 4.25. The Kier molecular flexibility index (Phi) is 5.79. The smallest absolute Gasteiger partial charge is 0.269 e. The van der Waals surface area contributed by atoms with Crippen molar-refractivity contribution in [1.82, 2.24) is 5.32 Å². The number of hydrogen-bond donors (Lipinski definition) is 1. The highest BCUT2D eigenvalue weighted by Gasteiger charge is 2.47. The van der Waals surface area contributed by atoms with Crippen LogP contribution in [0.4, 0.5) is 11.4 Å². The zero-order chi connectivity index (χ0) is 23.6. The maximum atomic E-state index is 13.8. The second-order valence-corrected chi connectivity index (χ2v) is 8.20. The molecule has 2 atom stereocenters. The van der Waals surface area contributed by atoms with Crippen LogP contribution in [-0.2, 0) is 4.79 Å². The minimum Gasteiger partial charge on any atom is -0.337 e. The van der Waals surface area contributed by atoms with Gasteiger partial charge in [0.25, 0.3) is 17.5 Å². The van der Waals surface area contributed by atoms with Crippen LogP contribution in [-0.4, -0.2) is 22.3 Å². The van der Waals surface area contributed by atoms with Gasteiger partial charge in [-0.25, -0.2) is 0 Å². The summed E-state index contributed by atoms with van der Waals surface area (Å²) in [6.07, 6.45) is 3.65. The number of nitro benzene ring substituents is 1. The normalized spacial score (nSPS) is 19.9. The van der Waals surface area contributed by atoms with E-state index in [2.05, 4.69) is 5.32 Å². The maximum Gasteiger partial charge on any atom is 0.269 e. The van der Waals surface area contributed by atoms with E-state index in [0.717, 1.165) is 11.1 Å². The molecule has 3 aromatic rings. The van der Waals surface area contributed by atoms with Gasteiger partial charge in [-0.05, 0) is 43.7 Å². The number of nitro groups is 1. The van der Waals surface area contributed by atoms with Gasteiger partial charge in [-0.3, -0.25) is 24.6 Å². The fourth-order valence-electron chi connectivity index (χ4n) is 4.00. The first-order chi connectivity index (χ1) is 15.8. The van der Waals surface area contributed by atoms with E-state index in [-0.39, 0.29) is 17.2 Å². The number of non-ortho nitro benzene ring substituents is 1. The zero-order valence-corrected chi connectivity index (χ0v) is 18.3. The highest BCUT2D eigenvalue weighted by molar-refractivity contribution is 6.07. The van der Waals surface area contributed by atoms with Crippen LogP contribution in [0.25, 0.3) is 0 Å². The molecule has 4 rings (SSSR count). The number of amides is 2. The zero-order valence-electron chi connectivity index (χ0n) is 18.3. The molecular formula is C26H23N3O4. The van der Waals surface area contributed by atoms with Crippen molar-refractivity contribution in [1.29, 1.82) is 0 Å². The summed E-state index contributed by atoms with van der Waals surface area (Å²) < 4.78 is 0. The standard InChI is InChI=1S/C26H23N3O4/c1-18-8-12-21(13-9-18)28-17-16-23(19-6-4-3-5-7-19)26(2,25(28)31)27-24(30)20-10-14-22(15-11-20)29(32)33/h3-17,23H,1-2H3,(H,27,30). The quantitative estimate of drug-likeness (QED) is 0.457. The van der Waals surface area contributed by atoms with Crippen molar-refractivity contribution in [3.63, 3.8) is 0 Å². The Labute approximate surface area is 191 Å². The number of benzene rings is 3. The molecule has 7 nitrogen and oxygen atoms in total. The summed E-state index contributed by atoms with van der Waals surface area (Å²) in [4.78, 5) is 38.9. The number of carbonyl (C=O) groups excluding carboxylic acids is 2. The van der Waals surface area contributed by atoms with Crippen molar-refractivity contribution in [3.05, 3.63) is 118 Å². The summed E-state index contributed by atoms with van der Waals surface area (Å²) in [5.74, 6) is -1.17. The van der Waals surface area contributed by atoms with Crippen molar-refractivity contribution in [2.45, 2.75) is 25.3 Å². The average molecular weight is 441 g/mol. The summed E-state index contributed by atoms with van der Waals surface area (Å²) in [6, 6.07) is 22.4. The lowest BCUT2D eigenvalue weighted by Crippen LogP contribution is -2.61. The fraction of sp³-hybridized carbons (Fsp3) is 0.154. The second-order valence-electron chi connectivity index (χ2n) is 8.20. The number of anilines is 1. The number of carbonyl (C=O) groups is 2. The van der Waals surface area contributed by atoms with Crippen molar-refractivity contribution in [2.24, 2.45) is 0 Å². The third-order valence-electron chi connectivity index (χ3n) is 5.90. The van der Waals surface area contributed by atoms with Gasteiger partial charge in [0.05, 0.1) is 4.92 Å². The lowest BCUT2D eigenvalue weighted by Gasteiger charge is -2.42. The lowest BCUT2D eigenvalue weighted by atomic mass is 9.77. The molecule has 0 spiro atoms. The first-order valence-electron chi connectivity index (χ1n) is 10.5. The Balaban J connectivity index is 1.72. The van der Waals surface area contributed by atoms with Gasteiger partial charge < -0.3 is 5.32 Å². The van der Waals surface area contributed by atoms with E-state index in [1.807, 2.05) is 67.6 Å². The minimum atomic E-state index is -1.29. The van der Waals surface area contributed by atoms with E-state index >= 15 is 0 Å².